The molecular weight excluding hydrogens is 553 g/mol. The summed E-state index contributed by atoms with van der Waals surface area (Å²) in [4.78, 5) is 0. The van der Waals surface area contributed by atoms with E-state index in [1.54, 1.807) is 22.3 Å². The van der Waals surface area contributed by atoms with Gasteiger partial charge in [-0.3, -0.25) is 0 Å². The molecule has 46 heavy (non-hydrogen) atoms. The molecule has 3 aromatic carbocycles. The molecule has 0 amide bonds. The molecule has 2 fully saturated rings. The zero-order valence-corrected chi connectivity index (χ0v) is 29.8. The Labute approximate surface area is 284 Å². The highest BCUT2D eigenvalue weighted by Gasteiger charge is 2.23. The highest BCUT2D eigenvalue weighted by Crippen LogP contribution is 2.39. The lowest BCUT2D eigenvalue weighted by atomic mass is 9.76. The van der Waals surface area contributed by atoms with Crippen molar-refractivity contribution < 1.29 is 0 Å². The largest absolute Gasteiger partial charge is 0.0654 e. The Balaban J connectivity index is 0.970. The minimum Gasteiger partial charge on any atom is -0.0654 e. The lowest BCUT2D eigenvalue weighted by Gasteiger charge is -2.29. The Morgan fingerprint density at radius 2 is 0.826 bits per heavy atom. The van der Waals surface area contributed by atoms with Gasteiger partial charge in [0.25, 0.3) is 0 Å². The first-order chi connectivity index (χ1) is 22.7. The van der Waals surface area contributed by atoms with Gasteiger partial charge in [0.05, 0.1) is 0 Å². The maximum atomic E-state index is 2.55. The molecule has 0 aromatic heterocycles. The quantitative estimate of drug-likeness (QED) is 0.124. The van der Waals surface area contributed by atoms with Gasteiger partial charge in [0.2, 0.25) is 0 Å². The summed E-state index contributed by atoms with van der Waals surface area (Å²) in [5, 5.41) is 0. The SMILES string of the molecule is CCCCCCc1ccc(C2CCC(CCc3cccc(CCC4CCC(c5ccc(CCCCCC)cc5)CC4)c3)CC2)cc1. The summed E-state index contributed by atoms with van der Waals surface area (Å²) >= 11 is 0. The van der Waals surface area contributed by atoms with Crippen molar-refractivity contribution in [2.24, 2.45) is 11.8 Å². The maximum absolute atomic E-state index is 2.55. The van der Waals surface area contributed by atoms with E-state index in [1.165, 1.54) is 152 Å². The second-order valence-corrected chi connectivity index (χ2v) is 15.4. The van der Waals surface area contributed by atoms with E-state index in [0.717, 1.165) is 23.7 Å². The number of benzene rings is 3. The molecule has 0 heteroatoms. The standard InChI is InChI=1S/C46H66/c1-3-5-7-9-12-37-20-28-43(29-21-37)45-32-24-39(25-33-45)16-18-41-14-11-15-42(36-41)19-17-40-26-34-46(35-27-40)44-30-22-38(23-31-44)13-10-8-6-4-2/h11,14-15,20-23,28-31,36,39-40,45-46H,3-10,12-13,16-19,24-27,32-35H2,1-2H3. The molecular formula is C46H66. The number of hydrogen-bond donors (Lipinski definition) is 0. The van der Waals surface area contributed by atoms with E-state index in [-0.39, 0.29) is 0 Å². The van der Waals surface area contributed by atoms with Crippen LogP contribution >= 0.6 is 0 Å². The molecule has 0 spiro atoms. The lowest BCUT2D eigenvalue weighted by Crippen LogP contribution is -2.14. The molecule has 0 atom stereocenters. The van der Waals surface area contributed by atoms with E-state index in [2.05, 4.69) is 86.6 Å². The molecule has 0 nitrogen and oxygen atoms in total. The Morgan fingerprint density at radius 3 is 1.22 bits per heavy atom. The van der Waals surface area contributed by atoms with Crippen LogP contribution in [0.5, 0.6) is 0 Å². The molecule has 250 valence electrons. The van der Waals surface area contributed by atoms with Gasteiger partial charge in [-0.05, 0) is 160 Å². The predicted octanol–water partition coefficient (Wildman–Crippen LogP) is 13.7. The second-order valence-electron chi connectivity index (χ2n) is 15.4. The Hall–Kier alpha value is -2.34. The van der Waals surface area contributed by atoms with Crippen LogP contribution in [0.2, 0.25) is 0 Å². The molecule has 0 saturated heterocycles. The average molecular weight is 619 g/mol. The average Bonchev–Trinajstić information content (AvgIpc) is 3.11. The fourth-order valence-electron chi connectivity index (χ4n) is 8.68. The van der Waals surface area contributed by atoms with E-state index in [9.17, 15) is 0 Å². The van der Waals surface area contributed by atoms with Gasteiger partial charge in [-0.15, -0.1) is 0 Å². The van der Waals surface area contributed by atoms with Crippen LogP contribution in [-0.4, -0.2) is 0 Å². The van der Waals surface area contributed by atoms with Crippen molar-refractivity contribution in [2.45, 2.75) is 167 Å². The summed E-state index contributed by atoms with van der Waals surface area (Å²) in [5.41, 5.74) is 9.41. The molecule has 0 radical (unpaired) electrons. The summed E-state index contributed by atoms with van der Waals surface area (Å²) in [7, 11) is 0. The smallest absolute Gasteiger partial charge is 0.0162 e. The van der Waals surface area contributed by atoms with E-state index >= 15 is 0 Å². The fourth-order valence-corrected chi connectivity index (χ4v) is 8.68. The highest BCUT2D eigenvalue weighted by atomic mass is 14.3. The van der Waals surface area contributed by atoms with Crippen molar-refractivity contribution in [3.63, 3.8) is 0 Å². The third-order valence-corrected chi connectivity index (χ3v) is 11.9. The number of hydrogen-bond acceptors (Lipinski definition) is 0. The minimum atomic E-state index is 0.787. The van der Waals surface area contributed by atoms with Crippen molar-refractivity contribution in [3.8, 4) is 0 Å². The molecule has 5 rings (SSSR count). The van der Waals surface area contributed by atoms with Gasteiger partial charge in [0.15, 0.2) is 0 Å². The predicted molar refractivity (Wildman–Crippen MR) is 201 cm³/mol. The summed E-state index contributed by atoms with van der Waals surface area (Å²) in [6.07, 6.45) is 29.8. The van der Waals surface area contributed by atoms with Crippen LogP contribution in [0, 0.1) is 11.8 Å². The van der Waals surface area contributed by atoms with E-state index in [4.69, 9.17) is 0 Å². The zero-order chi connectivity index (χ0) is 31.8. The molecule has 0 bridgehead atoms. The lowest BCUT2D eigenvalue weighted by molar-refractivity contribution is 0.309. The Morgan fingerprint density at radius 1 is 0.413 bits per heavy atom. The van der Waals surface area contributed by atoms with Crippen LogP contribution in [0.15, 0.2) is 72.8 Å². The molecule has 3 aromatic rings. The second kappa shape index (κ2) is 19.5. The van der Waals surface area contributed by atoms with Crippen LogP contribution in [0.25, 0.3) is 0 Å². The molecule has 2 aliphatic carbocycles. The van der Waals surface area contributed by atoms with Crippen molar-refractivity contribution in [1.29, 1.82) is 0 Å². The number of unbranched alkanes of at least 4 members (excludes halogenated alkanes) is 6. The summed E-state index contributed by atoms with van der Waals surface area (Å²) in [6, 6.07) is 29.1. The van der Waals surface area contributed by atoms with Crippen LogP contribution in [0.4, 0.5) is 0 Å². The molecule has 0 heterocycles. The van der Waals surface area contributed by atoms with Gasteiger partial charge in [-0.25, -0.2) is 0 Å². The fraction of sp³-hybridized carbons (Fsp3) is 0.609. The van der Waals surface area contributed by atoms with Gasteiger partial charge in [-0.1, -0.05) is 125 Å². The van der Waals surface area contributed by atoms with Crippen molar-refractivity contribution in [3.05, 3.63) is 106 Å². The van der Waals surface area contributed by atoms with Crippen molar-refractivity contribution in [2.75, 3.05) is 0 Å². The van der Waals surface area contributed by atoms with E-state index in [1.807, 2.05) is 0 Å². The molecule has 2 saturated carbocycles. The number of rotatable bonds is 18. The van der Waals surface area contributed by atoms with E-state index < -0.39 is 0 Å². The van der Waals surface area contributed by atoms with E-state index in [0.29, 0.717) is 0 Å². The first-order valence-corrected chi connectivity index (χ1v) is 20.0. The Kier molecular flexibility index (Phi) is 14.8. The minimum absolute atomic E-state index is 0.787. The van der Waals surface area contributed by atoms with Crippen LogP contribution in [0.1, 0.15) is 175 Å². The van der Waals surface area contributed by atoms with Crippen LogP contribution in [0.3, 0.4) is 0 Å². The first-order valence-electron chi connectivity index (χ1n) is 20.0. The van der Waals surface area contributed by atoms with Gasteiger partial charge in [0.1, 0.15) is 0 Å². The maximum Gasteiger partial charge on any atom is -0.0162 e. The highest BCUT2D eigenvalue weighted by molar-refractivity contribution is 5.27. The normalized spacial score (nSPS) is 21.8. The molecule has 0 N–H and O–H groups in total. The third kappa shape index (κ3) is 11.4. The molecule has 0 unspecified atom stereocenters. The molecule has 2 aliphatic rings. The monoisotopic (exact) mass is 619 g/mol. The summed E-state index contributed by atoms with van der Waals surface area (Å²) in [6.45, 7) is 4.59. The number of aryl methyl sites for hydroxylation is 4. The van der Waals surface area contributed by atoms with Gasteiger partial charge in [0, 0.05) is 0 Å². The van der Waals surface area contributed by atoms with Crippen LogP contribution < -0.4 is 0 Å². The topological polar surface area (TPSA) is 0 Å². The summed E-state index contributed by atoms with van der Waals surface area (Å²) in [5.74, 6) is 3.40. The molecule has 0 aliphatic heterocycles. The van der Waals surface area contributed by atoms with Gasteiger partial charge >= 0.3 is 0 Å². The van der Waals surface area contributed by atoms with Crippen molar-refractivity contribution >= 4 is 0 Å². The first kappa shape index (κ1) is 35.0. The Bertz CT molecular complexity index is 1120. The third-order valence-electron chi connectivity index (χ3n) is 11.9. The summed E-state index contributed by atoms with van der Waals surface area (Å²) < 4.78 is 0. The van der Waals surface area contributed by atoms with Crippen molar-refractivity contribution in [1.82, 2.24) is 0 Å². The van der Waals surface area contributed by atoms with Gasteiger partial charge < -0.3 is 0 Å². The van der Waals surface area contributed by atoms with Gasteiger partial charge in [-0.2, -0.15) is 0 Å². The van der Waals surface area contributed by atoms with Crippen LogP contribution in [-0.2, 0) is 25.7 Å². The zero-order valence-electron chi connectivity index (χ0n) is 29.8.